The molecule has 3 N–H and O–H groups in total. The number of benzene rings is 2. The molecule has 0 fully saturated rings. The molecule has 9 heteroatoms. The van der Waals surface area contributed by atoms with E-state index in [2.05, 4.69) is 10.0 Å². The van der Waals surface area contributed by atoms with Gasteiger partial charge in [0.1, 0.15) is 10.6 Å². The first kappa shape index (κ1) is 21.5. The van der Waals surface area contributed by atoms with Crippen LogP contribution in [0.2, 0.25) is 10.0 Å². The summed E-state index contributed by atoms with van der Waals surface area (Å²) in [5.41, 5.74) is 0.0976. The third-order valence-electron chi connectivity index (χ3n) is 3.79. The number of carbonyl (C=O) groups is 1. The quantitative estimate of drug-likeness (QED) is 0.566. The molecule has 27 heavy (non-hydrogen) atoms. The van der Waals surface area contributed by atoms with Gasteiger partial charge in [-0.05, 0) is 37.6 Å². The van der Waals surface area contributed by atoms with Gasteiger partial charge in [-0.15, -0.1) is 0 Å². The van der Waals surface area contributed by atoms with E-state index in [1.54, 1.807) is 19.1 Å². The van der Waals surface area contributed by atoms with Gasteiger partial charge < -0.3 is 10.4 Å². The van der Waals surface area contributed by atoms with Crippen molar-refractivity contribution in [3.8, 4) is 5.75 Å². The van der Waals surface area contributed by atoms with Crippen LogP contribution in [0.4, 0.5) is 5.69 Å². The zero-order chi connectivity index (χ0) is 20.2. The van der Waals surface area contributed by atoms with Gasteiger partial charge in [0, 0.05) is 6.04 Å². The standard InChI is InChI=1S/C18H20Cl2N2O4S/c1-3-6-11(2)22-27(25,26)17-9-12(13(19)10-14(17)20)18(24)21-15-7-4-5-8-16(15)23/h4-5,7-11,22-23H,3,6H2,1-2H3,(H,21,24)/t11-/m1/s1. The van der Waals surface area contributed by atoms with Gasteiger partial charge >= 0.3 is 0 Å². The molecule has 0 spiro atoms. The van der Waals surface area contributed by atoms with E-state index in [1.807, 2.05) is 6.92 Å². The summed E-state index contributed by atoms with van der Waals surface area (Å²) in [6, 6.07) is 8.20. The van der Waals surface area contributed by atoms with E-state index in [0.29, 0.717) is 6.42 Å². The number of hydrogen-bond donors (Lipinski definition) is 3. The first-order valence-corrected chi connectivity index (χ1v) is 10.5. The molecule has 0 aliphatic rings. The molecular formula is C18H20Cl2N2O4S. The molecule has 2 aromatic rings. The SMILES string of the molecule is CCC[C@@H](C)NS(=O)(=O)c1cc(C(=O)Nc2ccccc2O)c(Cl)cc1Cl. The van der Waals surface area contributed by atoms with Crippen LogP contribution in [0, 0.1) is 0 Å². The maximum atomic E-state index is 12.6. The minimum Gasteiger partial charge on any atom is -0.506 e. The number of sulfonamides is 1. The van der Waals surface area contributed by atoms with E-state index in [-0.39, 0.29) is 38.0 Å². The predicted molar refractivity (Wildman–Crippen MR) is 107 cm³/mol. The summed E-state index contributed by atoms with van der Waals surface area (Å²) in [6.45, 7) is 3.69. The van der Waals surface area contributed by atoms with Crippen molar-refractivity contribution in [2.75, 3.05) is 5.32 Å². The van der Waals surface area contributed by atoms with Crippen molar-refractivity contribution in [1.82, 2.24) is 4.72 Å². The van der Waals surface area contributed by atoms with Crippen molar-refractivity contribution < 1.29 is 18.3 Å². The van der Waals surface area contributed by atoms with E-state index in [4.69, 9.17) is 23.2 Å². The molecule has 0 unspecified atom stereocenters. The second-order valence-electron chi connectivity index (χ2n) is 6.04. The van der Waals surface area contributed by atoms with Gasteiger partial charge in [0.05, 0.1) is 21.3 Å². The zero-order valence-corrected chi connectivity index (χ0v) is 17.1. The number of nitrogens with one attached hydrogen (secondary N) is 2. The van der Waals surface area contributed by atoms with Crippen LogP contribution in [0.25, 0.3) is 0 Å². The fourth-order valence-corrected chi connectivity index (χ4v) is 4.64. The van der Waals surface area contributed by atoms with Crippen LogP contribution in [0.15, 0.2) is 41.3 Å². The van der Waals surface area contributed by atoms with Crippen LogP contribution in [0.5, 0.6) is 5.75 Å². The Balaban J connectivity index is 2.38. The summed E-state index contributed by atoms with van der Waals surface area (Å²) < 4.78 is 27.8. The highest BCUT2D eigenvalue weighted by Crippen LogP contribution is 2.30. The molecule has 6 nitrogen and oxygen atoms in total. The minimum absolute atomic E-state index is 0.00604. The van der Waals surface area contributed by atoms with E-state index < -0.39 is 15.9 Å². The summed E-state index contributed by atoms with van der Waals surface area (Å²) >= 11 is 12.1. The summed E-state index contributed by atoms with van der Waals surface area (Å²) in [6.07, 6.45) is 1.47. The largest absolute Gasteiger partial charge is 0.506 e. The van der Waals surface area contributed by atoms with Gasteiger partial charge in [0.25, 0.3) is 5.91 Å². The number of anilines is 1. The number of aromatic hydroxyl groups is 1. The Morgan fingerprint density at radius 1 is 1.19 bits per heavy atom. The van der Waals surface area contributed by atoms with Crippen LogP contribution >= 0.6 is 23.2 Å². The molecule has 0 saturated carbocycles. The van der Waals surface area contributed by atoms with Crippen molar-refractivity contribution in [1.29, 1.82) is 0 Å². The topological polar surface area (TPSA) is 95.5 Å². The van der Waals surface area contributed by atoms with Gasteiger partial charge in [-0.25, -0.2) is 13.1 Å². The maximum Gasteiger partial charge on any atom is 0.257 e. The van der Waals surface area contributed by atoms with Crippen LogP contribution in [-0.2, 0) is 10.0 Å². The molecule has 0 aliphatic heterocycles. The lowest BCUT2D eigenvalue weighted by Crippen LogP contribution is -2.32. The molecule has 0 bridgehead atoms. The number of hydrogen-bond acceptors (Lipinski definition) is 4. The fourth-order valence-electron chi connectivity index (χ4n) is 2.50. The Labute approximate surface area is 168 Å². The Kier molecular flexibility index (Phi) is 7.11. The van der Waals surface area contributed by atoms with Gasteiger partial charge in [-0.3, -0.25) is 4.79 Å². The summed E-state index contributed by atoms with van der Waals surface area (Å²) in [5.74, 6) is -0.796. The molecule has 0 radical (unpaired) electrons. The first-order chi connectivity index (χ1) is 12.7. The number of amides is 1. The lowest BCUT2D eigenvalue weighted by molar-refractivity contribution is 0.102. The molecule has 146 valence electrons. The van der Waals surface area contributed by atoms with Crippen molar-refractivity contribution in [2.45, 2.75) is 37.6 Å². The molecule has 2 rings (SSSR count). The molecular weight excluding hydrogens is 411 g/mol. The van der Waals surface area contributed by atoms with E-state index >= 15 is 0 Å². The molecule has 2 aromatic carbocycles. The highest BCUT2D eigenvalue weighted by Gasteiger charge is 2.24. The average molecular weight is 431 g/mol. The number of halogens is 2. The van der Waals surface area contributed by atoms with E-state index in [1.165, 1.54) is 18.2 Å². The lowest BCUT2D eigenvalue weighted by Gasteiger charge is -2.16. The average Bonchev–Trinajstić information content (AvgIpc) is 2.56. The number of phenols is 1. The molecule has 0 saturated heterocycles. The Bertz CT molecular complexity index is 948. The number of carbonyl (C=O) groups excluding carboxylic acids is 1. The van der Waals surface area contributed by atoms with Gasteiger partial charge in [0.15, 0.2) is 0 Å². The van der Waals surface area contributed by atoms with Crippen molar-refractivity contribution in [3.05, 3.63) is 52.0 Å². The second-order valence-corrected chi connectivity index (χ2v) is 8.54. The lowest BCUT2D eigenvalue weighted by atomic mass is 10.2. The normalized spacial score (nSPS) is 12.6. The Morgan fingerprint density at radius 3 is 2.48 bits per heavy atom. The molecule has 0 aliphatic carbocycles. The molecule has 1 atom stereocenters. The molecule has 0 heterocycles. The summed E-state index contributed by atoms with van der Waals surface area (Å²) in [7, 11) is -3.94. The monoisotopic (exact) mass is 430 g/mol. The Hall–Kier alpha value is -1.80. The summed E-state index contributed by atoms with van der Waals surface area (Å²) in [5, 5.41) is 12.2. The second kappa shape index (κ2) is 8.93. The van der Waals surface area contributed by atoms with Gasteiger partial charge in [-0.1, -0.05) is 48.7 Å². The minimum atomic E-state index is -3.94. The highest BCUT2D eigenvalue weighted by atomic mass is 35.5. The van der Waals surface area contributed by atoms with E-state index in [9.17, 15) is 18.3 Å². The fraction of sp³-hybridized carbons (Fsp3) is 0.278. The first-order valence-electron chi connectivity index (χ1n) is 8.26. The van der Waals surface area contributed by atoms with Crippen LogP contribution in [0.3, 0.4) is 0 Å². The van der Waals surface area contributed by atoms with Crippen molar-refractivity contribution in [2.24, 2.45) is 0 Å². The number of para-hydroxylation sites is 2. The third-order valence-corrected chi connectivity index (χ3v) is 6.15. The third kappa shape index (κ3) is 5.35. The molecule has 0 aromatic heterocycles. The van der Waals surface area contributed by atoms with E-state index in [0.717, 1.165) is 12.5 Å². The number of rotatable bonds is 7. The number of phenolic OH excluding ortho intramolecular Hbond substituents is 1. The van der Waals surface area contributed by atoms with Crippen molar-refractivity contribution in [3.63, 3.8) is 0 Å². The van der Waals surface area contributed by atoms with Crippen LogP contribution in [0.1, 0.15) is 37.0 Å². The smallest absolute Gasteiger partial charge is 0.257 e. The van der Waals surface area contributed by atoms with Crippen molar-refractivity contribution >= 4 is 44.8 Å². The predicted octanol–water partition coefficient (Wildman–Crippen LogP) is 4.42. The highest BCUT2D eigenvalue weighted by molar-refractivity contribution is 7.89. The molecule has 1 amide bonds. The van der Waals surface area contributed by atoms with Crippen LogP contribution < -0.4 is 10.0 Å². The summed E-state index contributed by atoms with van der Waals surface area (Å²) in [4.78, 5) is 12.3. The van der Waals surface area contributed by atoms with Crippen LogP contribution in [-0.4, -0.2) is 25.5 Å². The Morgan fingerprint density at radius 2 is 1.85 bits per heavy atom. The zero-order valence-electron chi connectivity index (χ0n) is 14.8. The van der Waals surface area contributed by atoms with Gasteiger partial charge in [-0.2, -0.15) is 0 Å². The maximum absolute atomic E-state index is 12.6. The van der Waals surface area contributed by atoms with Gasteiger partial charge in [0.2, 0.25) is 10.0 Å².